The molecule has 0 bridgehead atoms. The summed E-state index contributed by atoms with van der Waals surface area (Å²) in [6.07, 6.45) is 0.214. The van der Waals surface area contributed by atoms with Crippen LogP contribution in [-0.4, -0.2) is 5.78 Å². The second-order valence-corrected chi connectivity index (χ2v) is 7.13. The van der Waals surface area contributed by atoms with Gasteiger partial charge < -0.3 is 0 Å². The SMILES string of the molecule is N#C[C@@H](c1ccc(Cl)cc1Cl)[C@@H](CC(=O)c1ccccc1)c1ccccc1. The summed E-state index contributed by atoms with van der Waals surface area (Å²) in [5, 5.41) is 10.9. The van der Waals surface area contributed by atoms with E-state index in [0.29, 0.717) is 21.2 Å². The molecule has 0 aliphatic carbocycles. The van der Waals surface area contributed by atoms with Gasteiger partial charge in [-0.2, -0.15) is 5.26 Å². The van der Waals surface area contributed by atoms with E-state index >= 15 is 0 Å². The monoisotopic (exact) mass is 393 g/mol. The lowest BCUT2D eigenvalue weighted by atomic mass is 9.78. The summed E-state index contributed by atoms with van der Waals surface area (Å²) < 4.78 is 0. The molecule has 2 nitrogen and oxygen atoms in total. The zero-order valence-corrected chi connectivity index (χ0v) is 16.0. The van der Waals surface area contributed by atoms with Gasteiger partial charge in [-0.25, -0.2) is 0 Å². The Hall–Kier alpha value is -2.60. The van der Waals surface area contributed by atoms with E-state index in [-0.39, 0.29) is 18.1 Å². The van der Waals surface area contributed by atoms with Gasteiger partial charge in [-0.15, -0.1) is 0 Å². The van der Waals surface area contributed by atoms with E-state index in [4.69, 9.17) is 23.2 Å². The predicted molar refractivity (Wildman–Crippen MR) is 109 cm³/mol. The van der Waals surface area contributed by atoms with E-state index in [1.165, 1.54) is 0 Å². The van der Waals surface area contributed by atoms with Gasteiger partial charge in [0.05, 0.1) is 12.0 Å². The lowest BCUT2D eigenvalue weighted by molar-refractivity contribution is 0.0971. The number of rotatable bonds is 6. The van der Waals surface area contributed by atoms with Gasteiger partial charge in [0.1, 0.15) is 0 Å². The van der Waals surface area contributed by atoms with E-state index in [0.717, 1.165) is 5.56 Å². The molecule has 0 aromatic heterocycles. The summed E-state index contributed by atoms with van der Waals surface area (Å²) in [6.45, 7) is 0. The van der Waals surface area contributed by atoms with Crippen molar-refractivity contribution < 1.29 is 4.79 Å². The first-order valence-corrected chi connectivity index (χ1v) is 9.33. The fourth-order valence-electron chi connectivity index (χ4n) is 3.20. The number of halogens is 2. The molecule has 0 amide bonds. The smallest absolute Gasteiger partial charge is 0.163 e. The fourth-order valence-corrected chi connectivity index (χ4v) is 3.73. The Kier molecular flexibility index (Phi) is 6.29. The highest BCUT2D eigenvalue weighted by Crippen LogP contribution is 2.39. The Morgan fingerprint density at radius 2 is 1.56 bits per heavy atom. The Labute approximate surface area is 169 Å². The standard InChI is InChI=1S/C23H17Cl2NO/c24-18-11-12-19(22(25)13-18)21(15-26)20(16-7-3-1-4-8-16)14-23(27)17-9-5-2-6-10-17/h1-13,20-21H,14H2/t20-,21-/m0/s1. The number of hydrogen-bond acceptors (Lipinski definition) is 2. The van der Waals surface area contributed by atoms with Crippen LogP contribution in [0, 0.1) is 11.3 Å². The summed E-state index contributed by atoms with van der Waals surface area (Å²) >= 11 is 12.4. The number of carbonyl (C=O) groups excluding carboxylic acids is 1. The zero-order chi connectivity index (χ0) is 19.2. The minimum Gasteiger partial charge on any atom is -0.294 e. The molecule has 0 N–H and O–H groups in total. The van der Waals surface area contributed by atoms with Gasteiger partial charge in [-0.3, -0.25) is 4.79 Å². The minimum absolute atomic E-state index is 0.00482. The molecule has 0 radical (unpaired) electrons. The van der Waals surface area contributed by atoms with Crippen molar-refractivity contribution in [1.29, 1.82) is 5.26 Å². The van der Waals surface area contributed by atoms with Crippen LogP contribution in [0.4, 0.5) is 0 Å². The highest BCUT2D eigenvalue weighted by molar-refractivity contribution is 6.35. The number of benzene rings is 3. The summed E-state index contributed by atoms with van der Waals surface area (Å²) in [6, 6.07) is 26.2. The first kappa shape index (κ1) is 19.2. The minimum atomic E-state index is -0.565. The maximum atomic E-state index is 12.9. The van der Waals surface area contributed by atoms with Gasteiger partial charge >= 0.3 is 0 Å². The Morgan fingerprint density at radius 1 is 0.926 bits per heavy atom. The highest BCUT2D eigenvalue weighted by atomic mass is 35.5. The maximum Gasteiger partial charge on any atom is 0.163 e. The third-order valence-corrected chi connectivity index (χ3v) is 5.13. The maximum absolute atomic E-state index is 12.9. The number of nitriles is 1. The molecule has 3 aromatic rings. The van der Waals surface area contributed by atoms with Crippen molar-refractivity contribution in [2.24, 2.45) is 0 Å². The number of ketones is 1. The molecule has 4 heteroatoms. The molecule has 27 heavy (non-hydrogen) atoms. The summed E-state index contributed by atoms with van der Waals surface area (Å²) in [5.74, 6) is -0.887. The second kappa shape index (κ2) is 8.86. The van der Waals surface area contributed by atoms with Gasteiger partial charge in [-0.05, 0) is 23.3 Å². The summed E-state index contributed by atoms with van der Waals surface area (Å²) in [7, 11) is 0. The van der Waals surface area contributed by atoms with Crippen LogP contribution in [0.25, 0.3) is 0 Å². The molecule has 0 saturated heterocycles. The lowest BCUT2D eigenvalue weighted by Crippen LogP contribution is -2.15. The average Bonchev–Trinajstić information content (AvgIpc) is 2.70. The Balaban J connectivity index is 2.01. The summed E-state index contributed by atoms with van der Waals surface area (Å²) in [5.41, 5.74) is 2.25. The molecule has 3 aromatic carbocycles. The second-order valence-electron chi connectivity index (χ2n) is 6.28. The van der Waals surface area contributed by atoms with Crippen molar-refractivity contribution in [3.8, 4) is 6.07 Å². The van der Waals surface area contributed by atoms with Crippen molar-refractivity contribution >= 4 is 29.0 Å². The van der Waals surface area contributed by atoms with Crippen molar-refractivity contribution in [2.45, 2.75) is 18.3 Å². The van der Waals surface area contributed by atoms with Crippen molar-refractivity contribution in [2.75, 3.05) is 0 Å². The molecule has 0 saturated carbocycles. The van der Waals surface area contributed by atoms with Crippen LogP contribution < -0.4 is 0 Å². The molecule has 0 aliphatic heterocycles. The van der Waals surface area contributed by atoms with Crippen LogP contribution in [0.1, 0.15) is 39.7 Å². The first-order chi connectivity index (χ1) is 13.1. The zero-order valence-electron chi connectivity index (χ0n) is 14.5. The van der Waals surface area contributed by atoms with Gasteiger partial charge in [0.2, 0.25) is 0 Å². The third-order valence-electron chi connectivity index (χ3n) is 4.57. The Morgan fingerprint density at radius 3 is 2.15 bits per heavy atom. The first-order valence-electron chi connectivity index (χ1n) is 8.58. The average molecular weight is 394 g/mol. The molecule has 0 heterocycles. The topological polar surface area (TPSA) is 40.9 Å². The van der Waals surface area contributed by atoms with Crippen LogP contribution in [0.2, 0.25) is 10.0 Å². The molecule has 2 atom stereocenters. The highest BCUT2D eigenvalue weighted by Gasteiger charge is 2.29. The van der Waals surface area contributed by atoms with E-state index < -0.39 is 5.92 Å². The number of carbonyl (C=O) groups is 1. The predicted octanol–water partition coefficient (Wildman–Crippen LogP) is 6.66. The van der Waals surface area contributed by atoms with Crippen LogP contribution in [-0.2, 0) is 0 Å². The van der Waals surface area contributed by atoms with Crippen molar-refractivity contribution in [3.63, 3.8) is 0 Å². The number of hydrogen-bond donors (Lipinski definition) is 0. The van der Waals surface area contributed by atoms with E-state index in [1.807, 2.05) is 48.5 Å². The number of nitrogens with zero attached hydrogens (tertiary/aromatic N) is 1. The molecule has 0 unspecified atom stereocenters. The fraction of sp³-hybridized carbons (Fsp3) is 0.130. The van der Waals surface area contributed by atoms with E-state index in [9.17, 15) is 10.1 Å². The van der Waals surface area contributed by atoms with Crippen molar-refractivity contribution in [1.82, 2.24) is 0 Å². The van der Waals surface area contributed by atoms with E-state index in [2.05, 4.69) is 6.07 Å². The molecular weight excluding hydrogens is 377 g/mol. The molecule has 3 rings (SSSR count). The van der Waals surface area contributed by atoms with Gasteiger partial charge in [0, 0.05) is 27.9 Å². The van der Waals surface area contributed by atoms with Gasteiger partial charge in [-0.1, -0.05) is 89.9 Å². The lowest BCUT2D eigenvalue weighted by Gasteiger charge is -2.23. The quantitative estimate of drug-likeness (QED) is 0.439. The normalized spacial score (nSPS) is 12.8. The molecule has 134 valence electrons. The van der Waals surface area contributed by atoms with Gasteiger partial charge in [0.15, 0.2) is 5.78 Å². The van der Waals surface area contributed by atoms with Crippen LogP contribution in [0.5, 0.6) is 0 Å². The van der Waals surface area contributed by atoms with Gasteiger partial charge in [0.25, 0.3) is 0 Å². The molecular formula is C23H17Cl2NO. The summed E-state index contributed by atoms with van der Waals surface area (Å²) in [4.78, 5) is 12.9. The number of Topliss-reactive ketones (excluding diaryl/α,β-unsaturated/α-hetero) is 1. The molecule has 0 fully saturated rings. The van der Waals surface area contributed by atoms with E-state index in [1.54, 1.807) is 30.3 Å². The largest absolute Gasteiger partial charge is 0.294 e. The molecule has 0 aliphatic rings. The third kappa shape index (κ3) is 4.57. The Bertz CT molecular complexity index is 965. The van der Waals surface area contributed by atoms with Crippen molar-refractivity contribution in [3.05, 3.63) is 106 Å². The van der Waals surface area contributed by atoms with Crippen LogP contribution >= 0.6 is 23.2 Å². The molecule has 0 spiro atoms. The van der Waals surface area contributed by atoms with Crippen LogP contribution in [0.3, 0.4) is 0 Å². The van der Waals surface area contributed by atoms with Crippen LogP contribution in [0.15, 0.2) is 78.9 Å².